The van der Waals surface area contributed by atoms with Gasteiger partial charge in [-0.2, -0.15) is 0 Å². The second-order valence-electron chi connectivity index (χ2n) is 5.17. The maximum Gasteiger partial charge on any atom is 0.305 e. The van der Waals surface area contributed by atoms with Crippen LogP contribution in [0.2, 0.25) is 0 Å². The second kappa shape index (κ2) is 10.2. The maximum atomic E-state index is 11.5. The number of rotatable bonds is 11. The first kappa shape index (κ1) is 18.4. The molecule has 114 valence electrons. The molecule has 0 saturated carbocycles. The fourth-order valence-corrected chi connectivity index (χ4v) is 1.64. The van der Waals surface area contributed by atoms with Crippen molar-refractivity contribution in [3.05, 3.63) is 0 Å². The lowest BCUT2D eigenvalue weighted by atomic mass is 9.88. The summed E-state index contributed by atoms with van der Waals surface area (Å²) in [5.41, 5.74) is -0.753. The summed E-state index contributed by atoms with van der Waals surface area (Å²) >= 11 is 0. The molecule has 0 saturated heterocycles. The Morgan fingerprint density at radius 3 is 2.32 bits per heavy atom. The predicted molar refractivity (Wildman–Crippen MR) is 72.6 cm³/mol. The number of ether oxygens (including phenoxy) is 1. The van der Waals surface area contributed by atoms with Crippen molar-refractivity contribution in [3.8, 4) is 0 Å². The third-order valence-electron chi connectivity index (χ3n) is 3.53. The smallest absolute Gasteiger partial charge is 0.305 e. The van der Waals surface area contributed by atoms with Gasteiger partial charge in [0, 0.05) is 6.42 Å². The lowest BCUT2D eigenvalue weighted by Gasteiger charge is -2.27. The maximum absolute atomic E-state index is 11.5. The highest BCUT2D eigenvalue weighted by Crippen LogP contribution is 2.21. The van der Waals surface area contributed by atoms with Gasteiger partial charge >= 0.3 is 5.97 Å². The zero-order valence-electron chi connectivity index (χ0n) is 12.1. The van der Waals surface area contributed by atoms with E-state index >= 15 is 0 Å². The molecular weight excluding hydrogens is 248 g/mol. The average molecular weight is 276 g/mol. The van der Waals surface area contributed by atoms with Crippen LogP contribution in [0.25, 0.3) is 0 Å². The lowest BCUT2D eigenvalue weighted by Crippen LogP contribution is -2.35. The highest BCUT2D eigenvalue weighted by atomic mass is 16.5. The van der Waals surface area contributed by atoms with Crippen molar-refractivity contribution in [1.29, 1.82) is 0 Å². The molecule has 0 aliphatic carbocycles. The van der Waals surface area contributed by atoms with Gasteiger partial charge in [-0.3, -0.25) is 4.79 Å². The fourth-order valence-electron chi connectivity index (χ4n) is 1.64. The molecule has 0 heterocycles. The van der Waals surface area contributed by atoms with Crippen molar-refractivity contribution in [2.24, 2.45) is 5.41 Å². The van der Waals surface area contributed by atoms with E-state index in [1.54, 1.807) is 0 Å². The van der Waals surface area contributed by atoms with Gasteiger partial charge in [-0.15, -0.1) is 0 Å². The molecule has 0 rings (SSSR count). The summed E-state index contributed by atoms with van der Waals surface area (Å²) in [6, 6.07) is 0. The minimum absolute atomic E-state index is 0.0143. The Morgan fingerprint density at radius 1 is 1.21 bits per heavy atom. The third-order valence-corrected chi connectivity index (χ3v) is 3.53. The van der Waals surface area contributed by atoms with E-state index in [2.05, 4.69) is 6.92 Å². The van der Waals surface area contributed by atoms with Gasteiger partial charge in [0.05, 0.1) is 24.7 Å². The minimum atomic E-state index is -0.753. The summed E-state index contributed by atoms with van der Waals surface area (Å²) in [7, 11) is 0. The molecule has 0 fully saturated rings. The molecule has 0 aromatic heterocycles. The van der Waals surface area contributed by atoms with Crippen molar-refractivity contribution >= 4 is 5.97 Å². The number of hydrogen-bond donors (Lipinski definition) is 3. The standard InChI is InChI=1S/C14H28O5/c1-3-5-6-12(17)7-8-13(18)19-11-14(4-2,9-15)10-16/h12,15-17H,3-11H2,1-2H3. The number of carbonyl (C=O) groups is 1. The molecule has 1 atom stereocenters. The van der Waals surface area contributed by atoms with Crippen LogP contribution < -0.4 is 0 Å². The molecule has 1 unspecified atom stereocenters. The Balaban J connectivity index is 3.92. The van der Waals surface area contributed by atoms with Gasteiger partial charge in [0.2, 0.25) is 0 Å². The van der Waals surface area contributed by atoms with E-state index in [-0.39, 0.29) is 26.2 Å². The highest BCUT2D eigenvalue weighted by molar-refractivity contribution is 5.69. The number of aliphatic hydroxyl groups excluding tert-OH is 3. The number of carbonyl (C=O) groups excluding carboxylic acids is 1. The minimum Gasteiger partial charge on any atom is -0.465 e. The van der Waals surface area contributed by atoms with Gasteiger partial charge < -0.3 is 20.1 Å². The largest absolute Gasteiger partial charge is 0.465 e. The van der Waals surface area contributed by atoms with Crippen molar-refractivity contribution in [2.45, 2.75) is 58.5 Å². The molecule has 0 spiro atoms. The predicted octanol–water partition coefficient (Wildman–Crippen LogP) is 1.24. The Labute approximate surface area is 115 Å². The lowest BCUT2D eigenvalue weighted by molar-refractivity contribution is -0.150. The molecule has 0 amide bonds. The molecule has 19 heavy (non-hydrogen) atoms. The van der Waals surface area contributed by atoms with E-state index in [0.29, 0.717) is 19.3 Å². The fraction of sp³-hybridized carbons (Fsp3) is 0.929. The van der Waals surface area contributed by atoms with E-state index in [0.717, 1.165) is 12.8 Å². The average Bonchev–Trinajstić information content (AvgIpc) is 2.45. The first-order valence-corrected chi connectivity index (χ1v) is 7.09. The first-order chi connectivity index (χ1) is 9.03. The molecule has 0 aromatic carbocycles. The summed E-state index contributed by atoms with van der Waals surface area (Å²) in [5, 5.41) is 28.0. The van der Waals surface area contributed by atoms with Crippen molar-refractivity contribution < 1.29 is 24.9 Å². The van der Waals surface area contributed by atoms with Crippen LogP contribution in [0, 0.1) is 5.41 Å². The molecule has 0 aliphatic rings. The van der Waals surface area contributed by atoms with Crippen LogP contribution in [0.1, 0.15) is 52.4 Å². The molecule has 5 nitrogen and oxygen atoms in total. The number of unbranched alkanes of at least 4 members (excludes halogenated alkanes) is 1. The Bertz CT molecular complexity index is 230. The van der Waals surface area contributed by atoms with E-state index in [9.17, 15) is 20.1 Å². The summed E-state index contributed by atoms with van der Waals surface area (Å²) in [6.07, 6.45) is 3.32. The van der Waals surface area contributed by atoms with E-state index in [1.165, 1.54) is 0 Å². The summed E-state index contributed by atoms with van der Waals surface area (Å²) in [6.45, 7) is 3.46. The quantitative estimate of drug-likeness (QED) is 0.494. The van der Waals surface area contributed by atoms with E-state index in [4.69, 9.17) is 4.74 Å². The molecule has 0 aliphatic heterocycles. The van der Waals surface area contributed by atoms with Crippen LogP contribution in [0.4, 0.5) is 0 Å². The second-order valence-corrected chi connectivity index (χ2v) is 5.17. The zero-order valence-corrected chi connectivity index (χ0v) is 12.1. The first-order valence-electron chi connectivity index (χ1n) is 7.09. The molecule has 3 N–H and O–H groups in total. The topological polar surface area (TPSA) is 87.0 Å². The normalized spacial score (nSPS) is 13.3. The molecule has 5 heteroatoms. The van der Waals surface area contributed by atoms with Crippen molar-refractivity contribution in [2.75, 3.05) is 19.8 Å². The SMILES string of the molecule is CCCCC(O)CCC(=O)OCC(CC)(CO)CO. The van der Waals surface area contributed by atoms with Gasteiger partial charge in [0.25, 0.3) is 0 Å². The van der Waals surface area contributed by atoms with Crippen LogP contribution >= 0.6 is 0 Å². The van der Waals surface area contributed by atoms with E-state index < -0.39 is 17.5 Å². The highest BCUT2D eigenvalue weighted by Gasteiger charge is 2.28. The molecular formula is C14H28O5. The molecule has 0 radical (unpaired) electrons. The molecule has 0 bridgehead atoms. The van der Waals surface area contributed by atoms with Crippen LogP contribution in [0.5, 0.6) is 0 Å². The van der Waals surface area contributed by atoms with Crippen LogP contribution in [-0.2, 0) is 9.53 Å². The summed E-state index contributed by atoms with van der Waals surface area (Å²) in [5.74, 6) is -0.393. The van der Waals surface area contributed by atoms with Gasteiger partial charge in [0.15, 0.2) is 0 Å². The third kappa shape index (κ3) is 7.50. The molecule has 0 aromatic rings. The van der Waals surface area contributed by atoms with Crippen molar-refractivity contribution in [1.82, 2.24) is 0 Å². The number of hydrogen-bond acceptors (Lipinski definition) is 5. The zero-order chi connectivity index (χ0) is 14.7. The van der Waals surface area contributed by atoms with Gasteiger partial charge in [-0.25, -0.2) is 0 Å². The summed E-state index contributed by atoms with van der Waals surface area (Å²) < 4.78 is 5.07. The number of esters is 1. The van der Waals surface area contributed by atoms with Gasteiger partial charge in [0.1, 0.15) is 6.61 Å². The van der Waals surface area contributed by atoms with Crippen LogP contribution in [-0.4, -0.2) is 47.2 Å². The van der Waals surface area contributed by atoms with Gasteiger partial charge in [-0.1, -0.05) is 26.7 Å². The summed E-state index contributed by atoms with van der Waals surface area (Å²) in [4.78, 5) is 11.5. The Kier molecular flexibility index (Phi) is 9.83. The Hall–Kier alpha value is -0.650. The van der Waals surface area contributed by atoms with Gasteiger partial charge in [-0.05, 0) is 19.3 Å². The van der Waals surface area contributed by atoms with E-state index in [1.807, 2.05) is 6.92 Å². The van der Waals surface area contributed by atoms with Crippen molar-refractivity contribution in [3.63, 3.8) is 0 Å². The number of aliphatic hydroxyl groups is 3. The van der Waals surface area contributed by atoms with Crippen LogP contribution in [0.3, 0.4) is 0 Å². The Morgan fingerprint density at radius 2 is 1.84 bits per heavy atom. The monoisotopic (exact) mass is 276 g/mol. The van der Waals surface area contributed by atoms with Crippen LogP contribution in [0.15, 0.2) is 0 Å².